The van der Waals surface area contributed by atoms with Crippen molar-refractivity contribution in [2.75, 3.05) is 6.54 Å². The molecular formula is C11H13ClFNO2. The van der Waals surface area contributed by atoms with Crippen molar-refractivity contribution in [3.63, 3.8) is 0 Å². The second-order valence-corrected chi connectivity index (χ2v) is 4.06. The molecule has 0 amide bonds. The summed E-state index contributed by atoms with van der Waals surface area (Å²) < 4.78 is 13.6. The van der Waals surface area contributed by atoms with Crippen molar-refractivity contribution in [1.82, 2.24) is 0 Å². The second-order valence-electron chi connectivity index (χ2n) is 3.65. The number of halogens is 2. The molecule has 0 fully saturated rings. The Morgan fingerprint density at radius 1 is 1.62 bits per heavy atom. The van der Waals surface area contributed by atoms with Crippen molar-refractivity contribution >= 4 is 17.6 Å². The molecule has 3 N–H and O–H groups in total. The van der Waals surface area contributed by atoms with E-state index in [2.05, 4.69) is 0 Å². The van der Waals surface area contributed by atoms with Gasteiger partial charge in [0.25, 0.3) is 0 Å². The number of aryl methyl sites for hydroxylation is 1. The molecule has 0 aliphatic carbocycles. The van der Waals surface area contributed by atoms with Crippen LogP contribution in [0.5, 0.6) is 0 Å². The fourth-order valence-electron chi connectivity index (χ4n) is 1.51. The van der Waals surface area contributed by atoms with Crippen LogP contribution >= 0.6 is 11.6 Å². The predicted molar refractivity (Wildman–Crippen MR) is 60.2 cm³/mol. The number of hydrogen-bond acceptors (Lipinski definition) is 2. The van der Waals surface area contributed by atoms with Crippen molar-refractivity contribution in [3.8, 4) is 0 Å². The monoisotopic (exact) mass is 245 g/mol. The van der Waals surface area contributed by atoms with E-state index in [1.165, 1.54) is 12.1 Å². The fraction of sp³-hybridized carbons (Fsp3) is 0.364. The smallest absolute Gasteiger partial charge is 0.304 e. The Morgan fingerprint density at radius 2 is 2.25 bits per heavy atom. The van der Waals surface area contributed by atoms with Crippen molar-refractivity contribution in [2.24, 2.45) is 5.73 Å². The molecule has 3 nitrogen and oxygen atoms in total. The average molecular weight is 246 g/mol. The number of nitrogens with two attached hydrogens (primary N) is 1. The average Bonchev–Trinajstić information content (AvgIpc) is 2.20. The summed E-state index contributed by atoms with van der Waals surface area (Å²) in [6.45, 7) is 1.76. The van der Waals surface area contributed by atoms with Crippen LogP contribution in [0.1, 0.15) is 23.5 Å². The van der Waals surface area contributed by atoms with E-state index >= 15 is 0 Å². The number of benzene rings is 1. The molecule has 88 valence electrons. The van der Waals surface area contributed by atoms with E-state index < -0.39 is 17.7 Å². The molecule has 1 aromatic carbocycles. The summed E-state index contributed by atoms with van der Waals surface area (Å²) in [5.41, 5.74) is 6.32. The second kappa shape index (κ2) is 5.27. The predicted octanol–water partition coefficient (Wildman–Crippen LogP) is 2.30. The number of carbonyl (C=O) groups is 1. The highest BCUT2D eigenvalue weighted by Gasteiger charge is 2.18. The number of aliphatic carboxylic acids is 1. The third kappa shape index (κ3) is 2.93. The molecular weight excluding hydrogens is 233 g/mol. The van der Waals surface area contributed by atoms with E-state index in [1.807, 2.05) is 0 Å². The normalized spacial score (nSPS) is 12.5. The van der Waals surface area contributed by atoms with Crippen LogP contribution in [-0.2, 0) is 4.79 Å². The number of carboxylic acids is 1. The van der Waals surface area contributed by atoms with Gasteiger partial charge in [0.15, 0.2) is 0 Å². The van der Waals surface area contributed by atoms with Gasteiger partial charge in [-0.2, -0.15) is 0 Å². The maximum absolute atomic E-state index is 13.6. The van der Waals surface area contributed by atoms with Gasteiger partial charge in [-0.15, -0.1) is 0 Å². The van der Waals surface area contributed by atoms with Gasteiger partial charge in [0.05, 0.1) is 6.42 Å². The summed E-state index contributed by atoms with van der Waals surface area (Å²) in [7, 11) is 0. The van der Waals surface area contributed by atoms with Crippen molar-refractivity contribution in [2.45, 2.75) is 19.3 Å². The van der Waals surface area contributed by atoms with E-state index in [1.54, 1.807) is 6.92 Å². The van der Waals surface area contributed by atoms with E-state index in [0.29, 0.717) is 10.6 Å². The summed E-state index contributed by atoms with van der Waals surface area (Å²) in [6, 6.07) is 2.74. The van der Waals surface area contributed by atoms with Crippen molar-refractivity contribution in [1.29, 1.82) is 0 Å². The summed E-state index contributed by atoms with van der Waals surface area (Å²) in [4.78, 5) is 10.6. The highest BCUT2D eigenvalue weighted by Crippen LogP contribution is 2.27. The van der Waals surface area contributed by atoms with Crippen LogP contribution in [0, 0.1) is 12.7 Å². The molecule has 0 bridgehead atoms. The standard InChI is InChI=1S/C11H13ClFNO2/c1-6-2-10(13)8(4-9(6)12)7(5-14)3-11(15)16/h2,4,7H,3,5,14H2,1H3,(H,15,16). The first-order chi connectivity index (χ1) is 7.45. The number of carboxylic acid groups (broad SMARTS) is 1. The van der Waals surface area contributed by atoms with Gasteiger partial charge in [0.2, 0.25) is 0 Å². The van der Waals surface area contributed by atoms with E-state index in [-0.39, 0.29) is 18.5 Å². The molecule has 1 rings (SSSR count). The summed E-state index contributed by atoms with van der Waals surface area (Å²) >= 11 is 5.87. The Hall–Kier alpha value is -1.13. The highest BCUT2D eigenvalue weighted by atomic mass is 35.5. The zero-order valence-electron chi connectivity index (χ0n) is 8.84. The largest absolute Gasteiger partial charge is 0.481 e. The van der Waals surface area contributed by atoms with Crippen molar-refractivity contribution < 1.29 is 14.3 Å². The molecule has 0 saturated carbocycles. The summed E-state index contributed by atoms with van der Waals surface area (Å²) in [6.07, 6.45) is -0.202. The maximum atomic E-state index is 13.6. The Kier molecular flexibility index (Phi) is 4.26. The summed E-state index contributed by atoms with van der Waals surface area (Å²) in [5, 5.41) is 9.10. The van der Waals surface area contributed by atoms with Crippen LogP contribution in [0.3, 0.4) is 0 Å². The van der Waals surface area contributed by atoms with Gasteiger partial charge in [-0.05, 0) is 36.7 Å². The molecule has 5 heteroatoms. The molecule has 1 aromatic rings. The SMILES string of the molecule is Cc1cc(F)c(C(CN)CC(=O)O)cc1Cl. The zero-order valence-corrected chi connectivity index (χ0v) is 9.59. The van der Waals surface area contributed by atoms with Crippen LogP contribution in [0.15, 0.2) is 12.1 Å². The van der Waals surface area contributed by atoms with E-state index in [9.17, 15) is 9.18 Å². The first kappa shape index (κ1) is 12.9. The molecule has 0 spiro atoms. The molecule has 0 aliphatic rings. The Labute approximate surface area is 98.0 Å². The Bertz CT molecular complexity index is 409. The lowest BCUT2D eigenvalue weighted by Gasteiger charge is -2.14. The molecule has 0 saturated heterocycles. The minimum atomic E-state index is -1.01. The maximum Gasteiger partial charge on any atom is 0.304 e. The van der Waals surface area contributed by atoms with Crippen LogP contribution in [0.25, 0.3) is 0 Å². The van der Waals surface area contributed by atoms with Gasteiger partial charge < -0.3 is 10.8 Å². The number of rotatable bonds is 4. The van der Waals surface area contributed by atoms with Crippen LogP contribution in [0.2, 0.25) is 5.02 Å². The van der Waals surface area contributed by atoms with Crippen LogP contribution in [0.4, 0.5) is 4.39 Å². The zero-order chi connectivity index (χ0) is 12.3. The Morgan fingerprint density at radius 3 is 2.75 bits per heavy atom. The minimum absolute atomic E-state index is 0.0720. The van der Waals surface area contributed by atoms with Gasteiger partial charge in [0, 0.05) is 10.9 Å². The van der Waals surface area contributed by atoms with E-state index in [0.717, 1.165) is 0 Å². The van der Waals surface area contributed by atoms with Gasteiger partial charge in [-0.3, -0.25) is 4.79 Å². The lowest BCUT2D eigenvalue weighted by Crippen LogP contribution is -2.17. The van der Waals surface area contributed by atoms with Gasteiger partial charge in [-0.1, -0.05) is 11.6 Å². The van der Waals surface area contributed by atoms with Crippen LogP contribution in [-0.4, -0.2) is 17.6 Å². The van der Waals surface area contributed by atoms with Crippen molar-refractivity contribution in [3.05, 3.63) is 34.1 Å². The third-order valence-electron chi connectivity index (χ3n) is 2.42. The fourth-order valence-corrected chi connectivity index (χ4v) is 1.68. The van der Waals surface area contributed by atoms with Crippen LogP contribution < -0.4 is 5.73 Å². The number of hydrogen-bond donors (Lipinski definition) is 2. The molecule has 0 aromatic heterocycles. The highest BCUT2D eigenvalue weighted by molar-refractivity contribution is 6.31. The molecule has 0 radical (unpaired) electrons. The molecule has 1 unspecified atom stereocenters. The first-order valence-electron chi connectivity index (χ1n) is 4.83. The lowest BCUT2D eigenvalue weighted by molar-refractivity contribution is -0.137. The van der Waals surface area contributed by atoms with Gasteiger partial charge in [0.1, 0.15) is 5.82 Å². The van der Waals surface area contributed by atoms with E-state index in [4.69, 9.17) is 22.4 Å². The molecule has 16 heavy (non-hydrogen) atoms. The summed E-state index contributed by atoms with van der Waals surface area (Å²) in [5.74, 6) is -2.01. The quantitative estimate of drug-likeness (QED) is 0.856. The van der Waals surface area contributed by atoms with Gasteiger partial charge >= 0.3 is 5.97 Å². The van der Waals surface area contributed by atoms with Gasteiger partial charge in [-0.25, -0.2) is 4.39 Å². The molecule has 0 heterocycles. The molecule has 1 atom stereocenters. The molecule has 0 aliphatic heterocycles. The third-order valence-corrected chi connectivity index (χ3v) is 2.83. The minimum Gasteiger partial charge on any atom is -0.481 e. The Balaban J connectivity index is 3.09. The topological polar surface area (TPSA) is 63.3 Å². The lowest BCUT2D eigenvalue weighted by atomic mass is 9.94. The first-order valence-corrected chi connectivity index (χ1v) is 5.21.